The number of rotatable bonds is 4. The average molecular weight is 219 g/mol. The maximum absolute atomic E-state index is 5.67. The normalized spacial score (nSPS) is 11.9. The smallest absolute Gasteiger partial charge is 0.00721 e. The lowest BCUT2D eigenvalue weighted by molar-refractivity contribution is 0.337. The van der Waals surface area contributed by atoms with Gasteiger partial charge in [0.1, 0.15) is 0 Å². The Bertz CT molecular complexity index is 341. The molecule has 1 rings (SSSR count). The highest BCUT2D eigenvalue weighted by atomic mass is 14.5. The molecule has 0 heterocycles. The van der Waals surface area contributed by atoms with Crippen LogP contribution >= 0.6 is 0 Å². The van der Waals surface area contributed by atoms with Gasteiger partial charge in [-0.2, -0.15) is 0 Å². The quantitative estimate of drug-likeness (QED) is 0.823. The fraction of sp³-hybridized carbons (Fsp3) is 0.600. The molecule has 1 aromatic carbocycles. The van der Waals surface area contributed by atoms with E-state index in [9.17, 15) is 0 Å². The maximum atomic E-state index is 5.67. The predicted molar refractivity (Wildman–Crippen MR) is 71.8 cm³/mol. The van der Waals surface area contributed by atoms with Crippen molar-refractivity contribution in [2.24, 2.45) is 11.1 Å². The van der Waals surface area contributed by atoms with Gasteiger partial charge in [0.25, 0.3) is 0 Å². The molecule has 0 saturated carbocycles. The summed E-state index contributed by atoms with van der Waals surface area (Å²) >= 11 is 0. The van der Waals surface area contributed by atoms with Crippen LogP contribution in [0.5, 0.6) is 0 Å². The van der Waals surface area contributed by atoms with Crippen molar-refractivity contribution in [3.8, 4) is 0 Å². The van der Waals surface area contributed by atoms with E-state index < -0.39 is 0 Å². The summed E-state index contributed by atoms with van der Waals surface area (Å²) in [7, 11) is 0. The number of nitrogens with two attached hydrogens (primary N) is 1. The third-order valence-electron chi connectivity index (χ3n) is 3.32. The Kier molecular flexibility index (Phi) is 4.15. The number of aryl methyl sites for hydroxylation is 3. The summed E-state index contributed by atoms with van der Waals surface area (Å²) < 4.78 is 0. The van der Waals surface area contributed by atoms with Crippen molar-refractivity contribution in [1.29, 1.82) is 0 Å². The van der Waals surface area contributed by atoms with Crippen LogP contribution < -0.4 is 5.73 Å². The van der Waals surface area contributed by atoms with Crippen molar-refractivity contribution < 1.29 is 0 Å². The van der Waals surface area contributed by atoms with E-state index in [1.54, 1.807) is 0 Å². The summed E-state index contributed by atoms with van der Waals surface area (Å²) in [5, 5.41) is 0. The fourth-order valence-corrected chi connectivity index (χ4v) is 2.45. The van der Waals surface area contributed by atoms with Crippen LogP contribution in [-0.2, 0) is 6.42 Å². The third kappa shape index (κ3) is 3.34. The molecule has 1 aromatic rings. The van der Waals surface area contributed by atoms with Gasteiger partial charge in [0.2, 0.25) is 0 Å². The molecule has 0 amide bonds. The molecule has 0 aliphatic carbocycles. The summed E-state index contributed by atoms with van der Waals surface area (Å²) in [6.07, 6.45) is 2.21. The molecule has 1 heteroatoms. The molecule has 2 N–H and O–H groups in total. The van der Waals surface area contributed by atoms with Crippen LogP contribution in [0.1, 0.15) is 42.5 Å². The van der Waals surface area contributed by atoms with E-state index in [4.69, 9.17) is 5.73 Å². The van der Waals surface area contributed by atoms with Crippen molar-refractivity contribution in [1.82, 2.24) is 0 Å². The Balaban J connectivity index is 2.97. The van der Waals surface area contributed by atoms with Gasteiger partial charge in [0.15, 0.2) is 0 Å². The SMILES string of the molecule is Cc1cc(C)c(CC(C)(C)CCN)c(C)c1. The molecule has 0 radical (unpaired) electrons. The van der Waals surface area contributed by atoms with E-state index in [0.717, 1.165) is 19.4 Å². The van der Waals surface area contributed by atoms with Gasteiger partial charge in [-0.1, -0.05) is 31.5 Å². The average Bonchev–Trinajstić information content (AvgIpc) is 2.11. The van der Waals surface area contributed by atoms with Crippen molar-refractivity contribution >= 4 is 0 Å². The summed E-state index contributed by atoms with van der Waals surface area (Å²) in [6.45, 7) is 12.0. The van der Waals surface area contributed by atoms with Gasteiger partial charge in [-0.3, -0.25) is 0 Å². The summed E-state index contributed by atoms with van der Waals surface area (Å²) in [5.74, 6) is 0. The van der Waals surface area contributed by atoms with Gasteiger partial charge in [0, 0.05) is 0 Å². The molecule has 16 heavy (non-hydrogen) atoms. The first-order valence-corrected chi connectivity index (χ1v) is 6.12. The summed E-state index contributed by atoms with van der Waals surface area (Å²) in [5.41, 5.74) is 11.7. The van der Waals surface area contributed by atoms with E-state index in [1.165, 1.54) is 22.3 Å². The van der Waals surface area contributed by atoms with Crippen LogP contribution in [0.2, 0.25) is 0 Å². The lowest BCUT2D eigenvalue weighted by Crippen LogP contribution is -2.20. The summed E-state index contributed by atoms with van der Waals surface area (Å²) in [6, 6.07) is 4.56. The molecule has 0 fully saturated rings. The van der Waals surface area contributed by atoms with Crippen LogP contribution in [0.25, 0.3) is 0 Å². The van der Waals surface area contributed by atoms with E-state index in [-0.39, 0.29) is 0 Å². The number of benzene rings is 1. The van der Waals surface area contributed by atoms with Crippen molar-refractivity contribution in [2.45, 2.75) is 47.5 Å². The molecule has 0 saturated heterocycles. The first-order chi connectivity index (χ1) is 7.35. The Labute approximate surface area is 100 Å². The van der Waals surface area contributed by atoms with Crippen LogP contribution in [-0.4, -0.2) is 6.54 Å². The molecule has 0 spiro atoms. The summed E-state index contributed by atoms with van der Waals surface area (Å²) in [4.78, 5) is 0. The zero-order valence-corrected chi connectivity index (χ0v) is 11.4. The van der Waals surface area contributed by atoms with Crippen molar-refractivity contribution in [2.75, 3.05) is 6.54 Å². The van der Waals surface area contributed by atoms with Gasteiger partial charge >= 0.3 is 0 Å². The number of hydrogen-bond donors (Lipinski definition) is 1. The molecule has 0 aliphatic heterocycles. The third-order valence-corrected chi connectivity index (χ3v) is 3.32. The van der Waals surface area contributed by atoms with Gasteiger partial charge in [-0.05, 0) is 62.3 Å². The highest BCUT2D eigenvalue weighted by molar-refractivity contribution is 5.38. The van der Waals surface area contributed by atoms with E-state index in [2.05, 4.69) is 46.8 Å². The molecule has 0 unspecified atom stereocenters. The largest absolute Gasteiger partial charge is 0.330 e. The van der Waals surface area contributed by atoms with Crippen LogP contribution in [0.15, 0.2) is 12.1 Å². The Morgan fingerprint density at radius 1 is 1.06 bits per heavy atom. The van der Waals surface area contributed by atoms with E-state index in [1.807, 2.05) is 0 Å². The first-order valence-electron chi connectivity index (χ1n) is 6.12. The highest BCUT2D eigenvalue weighted by Crippen LogP contribution is 2.29. The minimum absolute atomic E-state index is 0.305. The van der Waals surface area contributed by atoms with Gasteiger partial charge in [-0.25, -0.2) is 0 Å². The Morgan fingerprint density at radius 2 is 1.56 bits per heavy atom. The maximum Gasteiger partial charge on any atom is -0.00721 e. The standard InChI is InChI=1S/C15H25N/c1-11-8-12(2)14(13(3)9-11)10-15(4,5)6-7-16/h8-9H,6-7,10,16H2,1-5H3. The molecule has 90 valence electrons. The minimum Gasteiger partial charge on any atom is -0.330 e. The minimum atomic E-state index is 0.305. The fourth-order valence-electron chi connectivity index (χ4n) is 2.45. The predicted octanol–water partition coefficient (Wildman–Crippen LogP) is 3.53. The van der Waals surface area contributed by atoms with Crippen molar-refractivity contribution in [3.05, 3.63) is 34.4 Å². The monoisotopic (exact) mass is 219 g/mol. The molecule has 0 aromatic heterocycles. The lowest BCUT2D eigenvalue weighted by Gasteiger charge is -2.26. The van der Waals surface area contributed by atoms with Crippen molar-refractivity contribution in [3.63, 3.8) is 0 Å². The molecular weight excluding hydrogens is 194 g/mol. The van der Waals surface area contributed by atoms with Crippen LogP contribution in [0.3, 0.4) is 0 Å². The Morgan fingerprint density at radius 3 is 2.00 bits per heavy atom. The van der Waals surface area contributed by atoms with Gasteiger partial charge in [0.05, 0.1) is 0 Å². The Hall–Kier alpha value is -0.820. The first kappa shape index (κ1) is 13.2. The van der Waals surface area contributed by atoms with Crippen LogP contribution in [0.4, 0.5) is 0 Å². The molecular formula is C15H25N. The molecule has 1 nitrogen and oxygen atoms in total. The molecule has 0 atom stereocenters. The second-order valence-electron chi connectivity index (χ2n) is 5.76. The van der Waals surface area contributed by atoms with E-state index in [0.29, 0.717) is 5.41 Å². The topological polar surface area (TPSA) is 26.0 Å². The molecule has 0 aliphatic rings. The van der Waals surface area contributed by atoms with Gasteiger partial charge in [-0.15, -0.1) is 0 Å². The second kappa shape index (κ2) is 5.01. The van der Waals surface area contributed by atoms with Gasteiger partial charge < -0.3 is 5.73 Å². The second-order valence-corrected chi connectivity index (χ2v) is 5.76. The zero-order chi connectivity index (χ0) is 12.3. The molecule has 0 bridgehead atoms. The van der Waals surface area contributed by atoms with Crippen LogP contribution in [0, 0.1) is 26.2 Å². The highest BCUT2D eigenvalue weighted by Gasteiger charge is 2.19. The zero-order valence-electron chi connectivity index (χ0n) is 11.4. The number of hydrogen-bond acceptors (Lipinski definition) is 1. The lowest BCUT2D eigenvalue weighted by atomic mass is 9.80. The van der Waals surface area contributed by atoms with E-state index >= 15 is 0 Å².